The van der Waals surface area contributed by atoms with E-state index in [1.807, 2.05) is 0 Å². The van der Waals surface area contributed by atoms with Gasteiger partial charge >= 0.3 is 19.5 Å². The van der Waals surface area contributed by atoms with Crippen molar-refractivity contribution in [3.8, 4) is 0 Å². The van der Waals surface area contributed by atoms with Gasteiger partial charge in [0.1, 0.15) is 24.9 Å². The number of nitrogens with zero attached hydrogens (tertiary/aromatic N) is 1. The maximum Gasteiger partial charge on any atom is 0.473 e. The van der Waals surface area contributed by atoms with Crippen LogP contribution in [0, 0.1) is 5.41 Å². The van der Waals surface area contributed by atoms with Crippen LogP contribution in [0.3, 0.4) is 0 Å². The molecule has 2 saturated heterocycles. The van der Waals surface area contributed by atoms with Gasteiger partial charge in [-0.2, -0.15) is 0 Å². The van der Waals surface area contributed by atoms with Crippen LogP contribution in [-0.4, -0.2) is 45.3 Å². The Hall–Kier alpha value is -1.78. The van der Waals surface area contributed by atoms with Gasteiger partial charge in [0, 0.05) is 12.3 Å². The molecule has 1 unspecified atom stereocenters. The zero-order chi connectivity index (χ0) is 19.3. The molecular formula is C14H19N2O9P. The Balaban J connectivity index is 1.84. The van der Waals surface area contributed by atoms with Crippen LogP contribution in [0.1, 0.15) is 27.0 Å². The first-order valence-electron chi connectivity index (χ1n) is 7.82. The maximum atomic E-state index is 12.0. The van der Waals surface area contributed by atoms with Crippen LogP contribution in [0.5, 0.6) is 0 Å². The zero-order valence-electron chi connectivity index (χ0n) is 14.3. The molecule has 0 radical (unpaired) electrons. The summed E-state index contributed by atoms with van der Waals surface area (Å²) in [5, 5.41) is 0. The van der Waals surface area contributed by atoms with E-state index in [9.17, 15) is 23.8 Å². The number of fused-ring (bicyclic) bond motifs is 1. The van der Waals surface area contributed by atoms with Crippen molar-refractivity contribution in [2.24, 2.45) is 5.41 Å². The minimum atomic E-state index is -4.33. The second-order valence-electron chi connectivity index (χ2n) is 7.04. The van der Waals surface area contributed by atoms with E-state index in [2.05, 4.69) is 4.98 Å². The maximum absolute atomic E-state index is 12.0. The smallest absolute Gasteiger partial charge is 0.462 e. The lowest BCUT2D eigenvalue weighted by molar-refractivity contribution is -0.159. The number of phosphoric ester groups is 1. The topological polar surface area (TPSA) is 146 Å². The highest BCUT2D eigenvalue weighted by Gasteiger charge is 2.58. The summed E-state index contributed by atoms with van der Waals surface area (Å²) in [6.45, 7) is 4.77. The highest BCUT2D eigenvalue weighted by Crippen LogP contribution is 2.58. The lowest BCUT2D eigenvalue weighted by Gasteiger charge is -2.21. The van der Waals surface area contributed by atoms with Crippen molar-refractivity contribution in [3.05, 3.63) is 33.1 Å². The molecule has 3 heterocycles. The van der Waals surface area contributed by atoms with Gasteiger partial charge < -0.3 is 14.4 Å². The predicted octanol–water partition coefficient (Wildman–Crippen LogP) is -0.0923. The molecule has 2 fully saturated rings. The van der Waals surface area contributed by atoms with E-state index in [0.717, 1.165) is 10.6 Å². The SMILES string of the molecule is CC(C)(C)C(=O)OC[C@H]1O[C@@H](n2ccc(=O)[nH]c2=O)[C@@H]2OP(=O)(O)O[C@@H]21. The molecule has 3 rings (SSSR count). The summed E-state index contributed by atoms with van der Waals surface area (Å²) in [7, 11) is -4.33. The lowest BCUT2D eigenvalue weighted by atomic mass is 9.97. The fourth-order valence-corrected chi connectivity index (χ4v) is 3.78. The van der Waals surface area contributed by atoms with Gasteiger partial charge in [-0.25, -0.2) is 9.36 Å². The Labute approximate surface area is 147 Å². The van der Waals surface area contributed by atoms with Crippen LogP contribution in [-0.2, 0) is 27.9 Å². The predicted molar refractivity (Wildman–Crippen MR) is 85.2 cm³/mol. The van der Waals surface area contributed by atoms with E-state index in [-0.39, 0.29) is 6.61 Å². The monoisotopic (exact) mass is 390 g/mol. The van der Waals surface area contributed by atoms with Crippen LogP contribution in [0.15, 0.2) is 21.9 Å². The number of nitrogens with one attached hydrogen (secondary N) is 1. The normalized spacial score (nSPS) is 33.8. The summed E-state index contributed by atoms with van der Waals surface area (Å²) in [6, 6.07) is 1.10. The largest absolute Gasteiger partial charge is 0.473 e. The van der Waals surface area contributed by atoms with Crippen LogP contribution >= 0.6 is 7.82 Å². The van der Waals surface area contributed by atoms with Gasteiger partial charge in [-0.3, -0.25) is 28.2 Å². The molecule has 11 nitrogen and oxygen atoms in total. The molecule has 2 N–H and O–H groups in total. The number of rotatable bonds is 3. The van der Waals surface area contributed by atoms with Gasteiger partial charge in [0.15, 0.2) is 6.23 Å². The Bertz CT molecular complexity index is 870. The summed E-state index contributed by atoms with van der Waals surface area (Å²) >= 11 is 0. The van der Waals surface area contributed by atoms with Crippen molar-refractivity contribution in [3.63, 3.8) is 0 Å². The molecule has 12 heteroatoms. The average Bonchev–Trinajstić information content (AvgIpc) is 2.97. The summed E-state index contributed by atoms with van der Waals surface area (Å²) in [5.41, 5.74) is -2.13. The van der Waals surface area contributed by atoms with Crippen LogP contribution < -0.4 is 11.2 Å². The molecule has 5 atom stereocenters. The first kappa shape index (κ1) is 19.0. The minimum absolute atomic E-state index is 0.255. The number of hydrogen-bond donors (Lipinski definition) is 2. The molecule has 1 aromatic heterocycles. The number of ether oxygens (including phenoxy) is 2. The zero-order valence-corrected chi connectivity index (χ0v) is 15.2. The molecule has 26 heavy (non-hydrogen) atoms. The lowest BCUT2D eigenvalue weighted by Crippen LogP contribution is -2.36. The standard InChI is InChI=1S/C14H19N2O9P/c1-14(2,3)12(18)22-6-7-9-10(25-26(20,21)24-9)11(23-7)16-5-4-8(17)15-13(16)19/h4-5,7,9-11H,6H2,1-3H3,(H,20,21)(H,15,17,19)/t7-,9-,10-,11-/m1/s1. The molecular weight excluding hydrogens is 371 g/mol. The molecule has 1 aromatic rings. The molecule has 0 saturated carbocycles. The van der Waals surface area contributed by atoms with Crippen molar-refractivity contribution in [2.45, 2.75) is 45.3 Å². The molecule has 0 aromatic carbocycles. The van der Waals surface area contributed by atoms with E-state index >= 15 is 0 Å². The third-order valence-electron chi connectivity index (χ3n) is 3.91. The summed E-state index contributed by atoms with van der Waals surface area (Å²) < 4.78 is 33.7. The fraction of sp³-hybridized carbons (Fsp3) is 0.643. The molecule has 0 amide bonds. The summed E-state index contributed by atoms with van der Waals surface area (Å²) in [4.78, 5) is 46.8. The number of esters is 1. The number of H-pyrrole nitrogens is 1. The van der Waals surface area contributed by atoms with Gasteiger partial charge in [0.25, 0.3) is 5.56 Å². The third kappa shape index (κ3) is 3.67. The summed E-state index contributed by atoms with van der Waals surface area (Å²) in [6.07, 6.45) is -3.00. The first-order valence-corrected chi connectivity index (χ1v) is 9.31. The molecule has 0 spiro atoms. The third-order valence-corrected chi connectivity index (χ3v) is 4.93. The Kier molecular flexibility index (Phi) is 4.70. The fourth-order valence-electron chi connectivity index (χ4n) is 2.64. The number of carbonyl (C=O) groups excluding carboxylic acids is 1. The van der Waals surface area contributed by atoms with E-state index in [0.29, 0.717) is 0 Å². The quantitative estimate of drug-likeness (QED) is 0.534. The van der Waals surface area contributed by atoms with E-state index in [4.69, 9.17) is 18.5 Å². The minimum Gasteiger partial charge on any atom is -0.462 e. The van der Waals surface area contributed by atoms with Crippen LogP contribution in [0.4, 0.5) is 0 Å². The Morgan fingerprint density at radius 2 is 2.00 bits per heavy atom. The molecule has 0 aliphatic carbocycles. The van der Waals surface area contributed by atoms with E-state index < -0.39 is 55.0 Å². The number of hydrogen-bond acceptors (Lipinski definition) is 8. The van der Waals surface area contributed by atoms with E-state index in [1.165, 1.54) is 6.20 Å². The highest BCUT2D eigenvalue weighted by atomic mass is 31.2. The van der Waals surface area contributed by atoms with Crippen molar-refractivity contribution in [1.82, 2.24) is 9.55 Å². The van der Waals surface area contributed by atoms with Gasteiger partial charge in [-0.05, 0) is 20.8 Å². The number of aromatic amines is 1. The Morgan fingerprint density at radius 1 is 1.35 bits per heavy atom. The molecule has 2 aliphatic rings. The first-order chi connectivity index (χ1) is 12.0. The van der Waals surface area contributed by atoms with Crippen molar-refractivity contribution in [2.75, 3.05) is 6.61 Å². The summed E-state index contributed by atoms with van der Waals surface area (Å²) in [5.74, 6) is -0.492. The van der Waals surface area contributed by atoms with Gasteiger partial charge in [-0.1, -0.05) is 0 Å². The number of phosphoric acid groups is 1. The second-order valence-corrected chi connectivity index (χ2v) is 8.40. The molecule has 0 bridgehead atoms. The van der Waals surface area contributed by atoms with Gasteiger partial charge in [0.2, 0.25) is 0 Å². The van der Waals surface area contributed by atoms with Gasteiger partial charge in [-0.15, -0.1) is 0 Å². The van der Waals surface area contributed by atoms with Crippen molar-refractivity contribution >= 4 is 13.8 Å². The number of carbonyl (C=O) groups is 1. The van der Waals surface area contributed by atoms with E-state index in [1.54, 1.807) is 20.8 Å². The van der Waals surface area contributed by atoms with Crippen LogP contribution in [0.25, 0.3) is 0 Å². The highest BCUT2D eigenvalue weighted by molar-refractivity contribution is 7.47. The van der Waals surface area contributed by atoms with Crippen molar-refractivity contribution < 1.29 is 32.8 Å². The molecule has 2 aliphatic heterocycles. The van der Waals surface area contributed by atoms with Gasteiger partial charge in [0.05, 0.1) is 5.41 Å². The number of aromatic nitrogens is 2. The second kappa shape index (κ2) is 6.43. The van der Waals surface area contributed by atoms with Crippen molar-refractivity contribution in [1.29, 1.82) is 0 Å². The average molecular weight is 390 g/mol. The van der Waals surface area contributed by atoms with Crippen LogP contribution in [0.2, 0.25) is 0 Å². The molecule has 144 valence electrons. The Morgan fingerprint density at radius 3 is 2.62 bits per heavy atom.